The first kappa shape index (κ1) is 19.5. The third-order valence-corrected chi connectivity index (χ3v) is 4.36. The van der Waals surface area contributed by atoms with E-state index < -0.39 is 0 Å². The molecule has 28 heavy (non-hydrogen) atoms. The molecule has 1 heterocycles. The fraction of sp³-hybridized carbons (Fsp3) is 0.273. The predicted molar refractivity (Wildman–Crippen MR) is 108 cm³/mol. The van der Waals surface area contributed by atoms with Gasteiger partial charge in [0.25, 0.3) is 0 Å². The number of ether oxygens (including phenoxy) is 2. The van der Waals surface area contributed by atoms with E-state index in [1.807, 2.05) is 48.5 Å². The monoisotopic (exact) mass is 380 g/mol. The molecule has 0 bridgehead atoms. The molecule has 0 saturated carbocycles. The Kier molecular flexibility index (Phi) is 6.68. The van der Waals surface area contributed by atoms with Crippen molar-refractivity contribution < 1.29 is 19.1 Å². The molecule has 1 unspecified atom stereocenters. The van der Waals surface area contributed by atoms with E-state index in [0.29, 0.717) is 13.2 Å². The minimum Gasteiger partial charge on any atom is -0.493 e. The first-order valence-corrected chi connectivity index (χ1v) is 9.35. The van der Waals surface area contributed by atoms with Crippen molar-refractivity contribution in [1.82, 2.24) is 5.32 Å². The molecule has 1 aliphatic rings. The van der Waals surface area contributed by atoms with Gasteiger partial charge in [0.2, 0.25) is 5.91 Å². The molecular formula is C22H24N2O4. The molecule has 3 rings (SSSR count). The summed E-state index contributed by atoms with van der Waals surface area (Å²) in [5.41, 5.74) is 2.72. The van der Waals surface area contributed by atoms with Crippen molar-refractivity contribution in [2.45, 2.75) is 19.4 Å². The van der Waals surface area contributed by atoms with Crippen molar-refractivity contribution >= 4 is 23.6 Å². The van der Waals surface area contributed by atoms with E-state index >= 15 is 0 Å². The number of amides is 1. The van der Waals surface area contributed by atoms with Gasteiger partial charge in [-0.3, -0.25) is 4.79 Å². The smallest absolute Gasteiger partial charge is 0.330 e. The highest BCUT2D eigenvalue weighted by Crippen LogP contribution is 2.31. The zero-order valence-electron chi connectivity index (χ0n) is 15.8. The molecule has 0 aliphatic carbocycles. The molecule has 0 spiro atoms. The molecule has 6 heteroatoms. The standard InChI is InChI=1S/C22H24N2O4/c1-2-27-22(26)12-9-16-7-10-17(11-8-16)23-15-21(25)24-19-13-14-28-20-6-4-3-5-18(19)20/h3-12,19,23H,2,13-15H2,1H3,(H,24,25)/b12-9+. The maximum Gasteiger partial charge on any atom is 0.330 e. The van der Waals surface area contributed by atoms with Gasteiger partial charge in [-0.05, 0) is 36.8 Å². The Labute approximate surface area is 164 Å². The predicted octanol–water partition coefficient (Wildman–Crippen LogP) is 3.31. The van der Waals surface area contributed by atoms with Crippen LogP contribution in [-0.4, -0.2) is 31.6 Å². The summed E-state index contributed by atoms with van der Waals surface area (Å²) in [7, 11) is 0. The maximum atomic E-state index is 12.3. The topological polar surface area (TPSA) is 76.7 Å². The fourth-order valence-electron chi connectivity index (χ4n) is 2.99. The van der Waals surface area contributed by atoms with E-state index in [0.717, 1.165) is 29.0 Å². The van der Waals surface area contributed by atoms with E-state index in [-0.39, 0.29) is 24.5 Å². The lowest BCUT2D eigenvalue weighted by Gasteiger charge is -2.26. The lowest BCUT2D eigenvalue weighted by Crippen LogP contribution is -2.35. The van der Waals surface area contributed by atoms with Crippen LogP contribution in [0.4, 0.5) is 5.69 Å². The maximum absolute atomic E-state index is 12.3. The van der Waals surface area contributed by atoms with E-state index in [9.17, 15) is 9.59 Å². The molecule has 0 saturated heterocycles. The van der Waals surface area contributed by atoms with Gasteiger partial charge in [0, 0.05) is 23.7 Å². The molecule has 0 aromatic heterocycles. The Morgan fingerprint density at radius 2 is 1.96 bits per heavy atom. The number of anilines is 1. The molecule has 2 aromatic rings. The third-order valence-electron chi connectivity index (χ3n) is 4.36. The first-order chi connectivity index (χ1) is 13.7. The minimum absolute atomic E-state index is 0.0327. The average Bonchev–Trinajstić information content (AvgIpc) is 2.72. The quantitative estimate of drug-likeness (QED) is 0.569. The van der Waals surface area contributed by atoms with Gasteiger partial charge in [-0.25, -0.2) is 4.79 Å². The van der Waals surface area contributed by atoms with Gasteiger partial charge in [-0.15, -0.1) is 0 Å². The SMILES string of the molecule is CCOC(=O)/C=C/c1ccc(NCC(=O)NC2CCOc3ccccc32)cc1. The second-order valence-electron chi connectivity index (χ2n) is 6.36. The number of hydrogen-bond donors (Lipinski definition) is 2. The van der Waals surface area contributed by atoms with Gasteiger partial charge < -0.3 is 20.1 Å². The van der Waals surface area contributed by atoms with Crippen LogP contribution >= 0.6 is 0 Å². The van der Waals surface area contributed by atoms with Crippen molar-refractivity contribution in [3.05, 3.63) is 65.7 Å². The van der Waals surface area contributed by atoms with Crippen LogP contribution in [-0.2, 0) is 14.3 Å². The van der Waals surface area contributed by atoms with Crippen molar-refractivity contribution in [1.29, 1.82) is 0 Å². The van der Waals surface area contributed by atoms with Crippen LogP contribution in [0.15, 0.2) is 54.6 Å². The van der Waals surface area contributed by atoms with Crippen molar-refractivity contribution in [3.63, 3.8) is 0 Å². The summed E-state index contributed by atoms with van der Waals surface area (Å²) in [5, 5.41) is 6.17. The number of carbonyl (C=O) groups is 2. The molecule has 146 valence electrons. The molecule has 1 aliphatic heterocycles. The molecule has 1 atom stereocenters. The Balaban J connectivity index is 1.49. The van der Waals surface area contributed by atoms with Gasteiger partial charge >= 0.3 is 5.97 Å². The number of para-hydroxylation sites is 1. The van der Waals surface area contributed by atoms with Crippen molar-refractivity contribution in [2.75, 3.05) is 25.1 Å². The number of carbonyl (C=O) groups excluding carboxylic acids is 2. The van der Waals surface area contributed by atoms with Crippen LogP contribution < -0.4 is 15.4 Å². The van der Waals surface area contributed by atoms with E-state index in [1.54, 1.807) is 13.0 Å². The van der Waals surface area contributed by atoms with Crippen LogP contribution in [0.25, 0.3) is 6.08 Å². The molecule has 2 N–H and O–H groups in total. The highest BCUT2D eigenvalue weighted by molar-refractivity contribution is 5.87. The van der Waals surface area contributed by atoms with Gasteiger partial charge in [-0.1, -0.05) is 30.3 Å². The number of nitrogens with one attached hydrogen (secondary N) is 2. The van der Waals surface area contributed by atoms with E-state index in [1.165, 1.54) is 6.08 Å². The average molecular weight is 380 g/mol. The Morgan fingerprint density at radius 1 is 1.18 bits per heavy atom. The number of esters is 1. The van der Waals surface area contributed by atoms with Crippen molar-refractivity contribution in [2.24, 2.45) is 0 Å². The van der Waals surface area contributed by atoms with Crippen LogP contribution in [0, 0.1) is 0 Å². The van der Waals surface area contributed by atoms with Gasteiger partial charge in [0.1, 0.15) is 5.75 Å². The molecule has 2 aromatic carbocycles. The zero-order chi connectivity index (χ0) is 19.8. The molecule has 1 amide bonds. The molecule has 6 nitrogen and oxygen atoms in total. The summed E-state index contributed by atoms with van der Waals surface area (Å²) < 4.78 is 10.5. The second kappa shape index (κ2) is 9.60. The van der Waals surface area contributed by atoms with Crippen molar-refractivity contribution in [3.8, 4) is 5.75 Å². The van der Waals surface area contributed by atoms with Crippen LogP contribution in [0.3, 0.4) is 0 Å². The van der Waals surface area contributed by atoms with Gasteiger partial charge in [0.05, 0.1) is 25.8 Å². The Morgan fingerprint density at radius 3 is 2.75 bits per heavy atom. The summed E-state index contributed by atoms with van der Waals surface area (Å²) in [6.45, 7) is 2.89. The van der Waals surface area contributed by atoms with E-state index in [2.05, 4.69) is 10.6 Å². The van der Waals surface area contributed by atoms with E-state index in [4.69, 9.17) is 9.47 Å². The first-order valence-electron chi connectivity index (χ1n) is 9.35. The largest absolute Gasteiger partial charge is 0.493 e. The molecular weight excluding hydrogens is 356 g/mol. The second-order valence-corrected chi connectivity index (χ2v) is 6.36. The number of hydrogen-bond acceptors (Lipinski definition) is 5. The summed E-state index contributed by atoms with van der Waals surface area (Å²) in [4.78, 5) is 23.7. The summed E-state index contributed by atoms with van der Waals surface area (Å²) >= 11 is 0. The summed E-state index contributed by atoms with van der Waals surface area (Å²) in [5.74, 6) is 0.391. The summed E-state index contributed by atoms with van der Waals surface area (Å²) in [6, 6.07) is 15.2. The lowest BCUT2D eigenvalue weighted by molar-refractivity contribution is -0.137. The molecule has 0 fully saturated rings. The normalized spacial score (nSPS) is 15.4. The number of fused-ring (bicyclic) bond motifs is 1. The van der Waals surface area contributed by atoms with Crippen LogP contribution in [0.2, 0.25) is 0 Å². The summed E-state index contributed by atoms with van der Waals surface area (Å²) in [6.07, 6.45) is 3.84. The highest BCUT2D eigenvalue weighted by Gasteiger charge is 2.22. The van der Waals surface area contributed by atoms with Crippen LogP contribution in [0.1, 0.15) is 30.5 Å². The number of benzene rings is 2. The van der Waals surface area contributed by atoms with Crippen LogP contribution in [0.5, 0.6) is 5.75 Å². The lowest BCUT2D eigenvalue weighted by atomic mass is 10.0. The highest BCUT2D eigenvalue weighted by atomic mass is 16.5. The number of rotatable bonds is 7. The molecule has 0 radical (unpaired) electrons. The zero-order valence-corrected chi connectivity index (χ0v) is 15.8. The van der Waals surface area contributed by atoms with Gasteiger partial charge in [0.15, 0.2) is 0 Å². The Hall–Kier alpha value is -3.28. The Bertz CT molecular complexity index is 846. The fourth-order valence-corrected chi connectivity index (χ4v) is 2.99. The minimum atomic E-state index is -0.365. The third kappa shape index (κ3) is 5.36. The van der Waals surface area contributed by atoms with Gasteiger partial charge in [-0.2, -0.15) is 0 Å².